The van der Waals surface area contributed by atoms with Crippen LogP contribution in [0.4, 0.5) is 0 Å². The average Bonchev–Trinajstić information content (AvgIpc) is 2.77. The molecule has 4 rings (SSSR count). The summed E-state index contributed by atoms with van der Waals surface area (Å²) in [6.07, 6.45) is 2.02. The topological polar surface area (TPSA) is 18.5 Å². The van der Waals surface area contributed by atoms with Gasteiger partial charge >= 0.3 is 0 Å². The lowest BCUT2D eigenvalue weighted by molar-refractivity contribution is 0.343. The summed E-state index contributed by atoms with van der Waals surface area (Å²) in [5.41, 5.74) is 7.56. The molecule has 0 spiro atoms. The van der Waals surface area contributed by atoms with E-state index >= 15 is 0 Å². The Bertz CT molecular complexity index is 975. The van der Waals surface area contributed by atoms with E-state index in [4.69, 9.17) is 21.1 Å². The molecule has 1 aliphatic rings. The smallest absolute Gasteiger partial charge is 0.126 e. The number of aryl methyl sites for hydroxylation is 1. The van der Waals surface area contributed by atoms with E-state index in [2.05, 4.69) is 54.6 Å². The molecule has 0 aromatic heterocycles. The van der Waals surface area contributed by atoms with Gasteiger partial charge in [-0.1, -0.05) is 54.6 Å². The predicted octanol–water partition coefficient (Wildman–Crippen LogP) is 6.22. The van der Waals surface area contributed by atoms with Crippen molar-refractivity contribution in [2.75, 3.05) is 19.6 Å². The number of methoxy groups -OCH3 is 1. The zero-order valence-electron chi connectivity index (χ0n) is 16.0. The lowest BCUT2D eigenvalue weighted by atomic mass is 9.79. The SMILES string of the molecule is COc1cccc2c1C(c1ccc(OCCCl)cc1)=C(c1ccccc1)CC2. The quantitative estimate of drug-likeness (QED) is 0.465. The van der Waals surface area contributed by atoms with Gasteiger partial charge in [-0.05, 0) is 58.9 Å². The molecule has 3 heteroatoms. The van der Waals surface area contributed by atoms with Crippen molar-refractivity contribution in [3.63, 3.8) is 0 Å². The van der Waals surface area contributed by atoms with Crippen molar-refractivity contribution in [3.05, 3.63) is 95.1 Å². The molecule has 0 amide bonds. The molecule has 0 N–H and O–H groups in total. The highest BCUT2D eigenvalue weighted by molar-refractivity contribution is 6.18. The molecule has 3 aromatic rings. The summed E-state index contributed by atoms with van der Waals surface area (Å²) in [6, 6.07) is 25.2. The molecule has 0 atom stereocenters. The molecule has 0 unspecified atom stereocenters. The van der Waals surface area contributed by atoms with Gasteiger partial charge in [0.05, 0.1) is 13.0 Å². The van der Waals surface area contributed by atoms with Crippen LogP contribution in [0.2, 0.25) is 0 Å². The first kappa shape index (κ1) is 18.6. The minimum atomic E-state index is 0.482. The molecular weight excluding hydrogens is 368 g/mol. The van der Waals surface area contributed by atoms with Gasteiger partial charge in [-0.25, -0.2) is 0 Å². The van der Waals surface area contributed by atoms with Crippen LogP contribution in [0.5, 0.6) is 11.5 Å². The Morgan fingerprint density at radius 1 is 0.821 bits per heavy atom. The predicted molar refractivity (Wildman–Crippen MR) is 116 cm³/mol. The molecule has 0 heterocycles. The van der Waals surface area contributed by atoms with Crippen molar-refractivity contribution < 1.29 is 9.47 Å². The number of hydrogen-bond donors (Lipinski definition) is 0. The third-order valence-electron chi connectivity index (χ3n) is 5.14. The zero-order chi connectivity index (χ0) is 19.3. The second kappa shape index (κ2) is 8.53. The van der Waals surface area contributed by atoms with Crippen LogP contribution < -0.4 is 9.47 Å². The van der Waals surface area contributed by atoms with Crippen LogP contribution >= 0.6 is 11.6 Å². The lowest BCUT2D eigenvalue weighted by Gasteiger charge is -2.26. The molecule has 0 saturated carbocycles. The van der Waals surface area contributed by atoms with Gasteiger partial charge < -0.3 is 9.47 Å². The molecule has 3 aromatic carbocycles. The van der Waals surface area contributed by atoms with Crippen LogP contribution in [0.1, 0.15) is 28.7 Å². The van der Waals surface area contributed by atoms with Gasteiger partial charge in [0.1, 0.15) is 18.1 Å². The van der Waals surface area contributed by atoms with E-state index in [9.17, 15) is 0 Å². The number of rotatable bonds is 6. The summed E-state index contributed by atoms with van der Waals surface area (Å²) in [4.78, 5) is 0. The van der Waals surface area contributed by atoms with Crippen LogP contribution in [-0.4, -0.2) is 19.6 Å². The van der Waals surface area contributed by atoms with Crippen LogP contribution in [0, 0.1) is 0 Å². The highest BCUT2D eigenvalue weighted by atomic mass is 35.5. The van der Waals surface area contributed by atoms with Gasteiger partial charge in [0, 0.05) is 5.56 Å². The maximum absolute atomic E-state index is 5.75. The van der Waals surface area contributed by atoms with Crippen molar-refractivity contribution in [2.45, 2.75) is 12.8 Å². The minimum Gasteiger partial charge on any atom is -0.496 e. The molecule has 0 aliphatic heterocycles. The summed E-state index contributed by atoms with van der Waals surface area (Å²) in [5, 5.41) is 0. The first-order chi connectivity index (χ1) is 13.8. The third kappa shape index (κ3) is 3.65. The summed E-state index contributed by atoms with van der Waals surface area (Å²) in [6.45, 7) is 0.509. The molecule has 0 bridgehead atoms. The normalized spacial score (nSPS) is 13.2. The molecule has 0 radical (unpaired) electrons. The maximum atomic E-state index is 5.75. The van der Waals surface area contributed by atoms with Gasteiger partial charge in [0.25, 0.3) is 0 Å². The van der Waals surface area contributed by atoms with E-state index in [0.717, 1.165) is 24.3 Å². The summed E-state index contributed by atoms with van der Waals surface area (Å²) in [7, 11) is 1.74. The van der Waals surface area contributed by atoms with Crippen molar-refractivity contribution >= 4 is 22.7 Å². The first-order valence-corrected chi connectivity index (χ1v) is 10.1. The first-order valence-electron chi connectivity index (χ1n) is 9.56. The Kier molecular flexibility index (Phi) is 5.68. The number of halogens is 1. The molecule has 142 valence electrons. The zero-order valence-corrected chi connectivity index (χ0v) is 16.7. The van der Waals surface area contributed by atoms with Gasteiger partial charge in [-0.2, -0.15) is 0 Å². The Morgan fingerprint density at radius 3 is 2.32 bits per heavy atom. The standard InChI is InChI=1S/C25H23ClO2/c1-27-23-9-5-8-19-12-15-22(18-6-3-2-4-7-18)24(25(19)23)20-10-13-21(14-11-20)28-17-16-26/h2-11,13-14H,12,15-17H2,1H3. The van der Waals surface area contributed by atoms with E-state index < -0.39 is 0 Å². The van der Waals surface area contributed by atoms with E-state index in [1.807, 2.05) is 18.2 Å². The number of fused-ring (bicyclic) bond motifs is 1. The monoisotopic (exact) mass is 390 g/mol. The Labute approximate surface area is 171 Å². The Balaban J connectivity index is 1.89. The number of hydrogen-bond acceptors (Lipinski definition) is 2. The molecule has 28 heavy (non-hydrogen) atoms. The largest absolute Gasteiger partial charge is 0.496 e. The Hall–Kier alpha value is -2.71. The lowest BCUT2D eigenvalue weighted by Crippen LogP contribution is -2.08. The molecule has 0 fully saturated rings. The number of ether oxygens (including phenoxy) is 2. The highest BCUT2D eigenvalue weighted by Crippen LogP contribution is 2.44. The van der Waals surface area contributed by atoms with Gasteiger partial charge in [0.2, 0.25) is 0 Å². The van der Waals surface area contributed by atoms with E-state index in [0.29, 0.717) is 12.5 Å². The summed E-state index contributed by atoms with van der Waals surface area (Å²) >= 11 is 5.73. The minimum absolute atomic E-state index is 0.482. The van der Waals surface area contributed by atoms with Crippen molar-refractivity contribution in [3.8, 4) is 11.5 Å². The highest BCUT2D eigenvalue weighted by Gasteiger charge is 2.24. The summed E-state index contributed by atoms with van der Waals surface area (Å²) in [5.74, 6) is 2.24. The van der Waals surface area contributed by atoms with E-state index in [1.165, 1.54) is 33.4 Å². The van der Waals surface area contributed by atoms with Crippen molar-refractivity contribution in [2.24, 2.45) is 0 Å². The van der Waals surface area contributed by atoms with Crippen LogP contribution in [0.15, 0.2) is 72.8 Å². The molecule has 0 saturated heterocycles. The van der Waals surface area contributed by atoms with Crippen LogP contribution in [-0.2, 0) is 6.42 Å². The number of alkyl halides is 1. The number of allylic oxidation sites excluding steroid dienone is 1. The van der Waals surface area contributed by atoms with Crippen LogP contribution in [0.25, 0.3) is 11.1 Å². The fourth-order valence-corrected chi connectivity index (χ4v) is 3.97. The second-order valence-electron chi connectivity index (χ2n) is 6.78. The van der Waals surface area contributed by atoms with E-state index in [1.54, 1.807) is 7.11 Å². The van der Waals surface area contributed by atoms with Crippen molar-refractivity contribution in [1.29, 1.82) is 0 Å². The third-order valence-corrected chi connectivity index (χ3v) is 5.29. The maximum Gasteiger partial charge on any atom is 0.126 e. The fourth-order valence-electron chi connectivity index (χ4n) is 3.90. The average molecular weight is 391 g/mol. The molecule has 1 aliphatic carbocycles. The van der Waals surface area contributed by atoms with Crippen LogP contribution in [0.3, 0.4) is 0 Å². The van der Waals surface area contributed by atoms with Gasteiger partial charge in [-0.15, -0.1) is 11.6 Å². The fraction of sp³-hybridized carbons (Fsp3) is 0.200. The number of benzene rings is 3. The summed E-state index contributed by atoms with van der Waals surface area (Å²) < 4.78 is 11.4. The molecule has 2 nitrogen and oxygen atoms in total. The van der Waals surface area contributed by atoms with Gasteiger partial charge in [-0.3, -0.25) is 0 Å². The Morgan fingerprint density at radius 2 is 1.61 bits per heavy atom. The van der Waals surface area contributed by atoms with E-state index in [-0.39, 0.29) is 0 Å². The van der Waals surface area contributed by atoms with Crippen molar-refractivity contribution in [1.82, 2.24) is 0 Å². The second-order valence-corrected chi connectivity index (χ2v) is 7.15. The molecular formula is C25H23ClO2. The van der Waals surface area contributed by atoms with Gasteiger partial charge in [0.15, 0.2) is 0 Å².